The summed E-state index contributed by atoms with van der Waals surface area (Å²) in [5.41, 5.74) is 0.803. The van der Waals surface area contributed by atoms with Crippen LogP contribution in [-0.2, 0) is 9.53 Å². The summed E-state index contributed by atoms with van der Waals surface area (Å²) in [4.78, 5) is 10.4. The lowest BCUT2D eigenvalue weighted by atomic mass is 10.2. The van der Waals surface area contributed by atoms with Crippen LogP contribution in [0.4, 0.5) is 0 Å². The predicted molar refractivity (Wildman–Crippen MR) is 63.2 cm³/mol. The molecule has 0 aliphatic rings. The molecule has 4 heteroatoms. The van der Waals surface area contributed by atoms with Gasteiger partial charge in [0.2, 0.25) is 0 Å². The maximum Gasteiger partial charge on any atom is 0.332 e. The minimum Gasteiger partial charge on any atom is -0.496 e. The largest absolute Gasteiger partial charge is 0.496 e. The summed E-state index contributed by atoms with van der Waals surface area (Å²) < 4.78 is 4.87. The summed E-state index contributed by atoms with van der Waals surface area (Å²) in [7, 11) is 1.41. The molecule has 0 saturated heterocycles. The zero-order valence-corrected chi connectivity index (χ0v) is 9.44. The highest BCUT2D eigenvalue weighted by molar-refractivity contribution is 6.32. The number of rotatable bonds is 4. The summed E-state index contributed by atoms with van der Waals surface area (Å²) >= 11 is 5.93. The van der Waals surface area contributed by atoms with Crippen molar-refractivity contribution in [2.75, 3.05) is 7.11 Å². The number of methoxy groups -OCH3 is 1. The van der Waals surface area contributed by atoms with Gasteiger partial charge in [-0.1, -0.05) is 29.8 Å². The first-order valence-corrected chi connectivity index (χ1v) is 4.92. The molecule has 0 aliphatic heterocycles. The van der Waals surface area contributed by atoms with Crippen molar-refractivity contribution in [3.8, 4) is 0 Å². The molecule has 0 radical (unpaired) electrons. The van der Waals surface area contributed by atoms with E-state index in [0.29, 0.717) is 5.02 Å². The zero-order chi connectivity index (χ0) is 12.0. The van der Waals surface area contributed by atoms with E-state index in [0.717, 1.165) is 11.6 Å². The first kappa shape index (κ1) is 12.3. The number of aliphatic carboxylic acids is 1. The van der Waals surface area contributed by atoms with Gasteiger partial charge in [0.1, 0.15) is 5.76 Å². The van der Waals surface area contributed by atoms with Gasteiger partial charge in [0.05, 0.1) is 13.2 Å². The molecule has 0 aromatic heterocycles. The highest BCUT2D eigenvalue weighted by Crippen LogP contribution is 2.17. The normalized spacial score (nSPS) is 11.8. The third kappa shape index (κ3) is 3.79. The van der Waals surface area contributed by atoms with Crippen molar-refractivity contribution in [1.29, 1.82) is 0 Å². The second-order valence-electron chi connectivity index (χ2n) is 2.94. The Kier molecular flexibility index (Phi) is 4.61. The highest BCUT2D eigenvalue weighted by Gasteiger charge is 1.97. The second-order valence-corrected chi connectivity index (χ2v) is 3.35. The summed E-state index contributed by atoms with van der Waals surface area (Å²) in [5, 5.41) is 9.15. The fraction of sp³-hybridized carbons (Fsp3) is 0.0833. The Bertz CT molecular complexity index is 436. The zero-order valence-electron chi connectivity index (χ0n) is 8.68. The minimum atomic E-state index is -1.05. The Labute approximate surface area is 98.6 Å². The highest BCUT2D eigenvalue weighted by atomic mass is 35.5. The number of benzene rings is 1. The van der Waals surface area contributed by atoms with E-state index in [2.05, 4.69) is 0 Å². The molecule has 1 N–H and O–H groups in total. The van der Waals surface area contributed by atoms with Crippen LogP contribution in [0.15, 0.2) is 42.2 Å². The lowest BCUT2D eigenvalue weighted by Crippen LogP contribution is -1.92. The molecule has 0 spiro atoms. The van der Waals surface area contributed by atoms with Gasteiger partial charge in [-0.25, -0.2) is 4.79 Å². The summed E-state index contributed by atoms with van der Waals surface area (Å²) in [5.74, 6) is -0.798. The van der Waals surface area contributed by atoms with Crippen LogP contribution in [0.5, 0.6) is 0 Å². The van der Waals surface area contributed by atoms with Crippen molar-refractivity contribution < 1.29 is 14.6 Å². The van der Waals surface area contributed by atoms with Crippen LogP contribution < -0.4 is 0 Å². The molecular formula is C12H11ClO3. The quantitative estimate of drug-likeness (QED) is 0.498. The van der Waals surface area contributed by atoms with Gasteiger partial charge in [0.15, 0.2) is 0 Å². The van der Waals surface area contributed by atoms with Crippen LogP contribution in [0.3, 0.4) is 0 Å². The van der Waals surface area contributed by atoms with E-state index >= 15 is 0 Å². The molecule has 1 aromatic carbocycles. The number of carboxylic acids is 1. The van der Waals surface area contributed by atoms with Gasteiger partial charge in [-0.05, 0) is 23.8 Å². The minimum absolute atomic E-state index is 0.257. The van der Waals surface area contributed by atoms with E-state index in [1.54, 1.807) is 18.2 Å². The van der Waals surface area contributed by atoms with E-state index in [-0.39, 0.29) is 5.76 Å². The molecule has 16 heavy (non-hydrogen) atoms. The van der Waals surface area contributed by atoms with Gasteiger partial charge >= 0.3 is 5.97 Å². The molecule has 0 amide bonds. The molecule has 0 aliphatic carbocycles. The Morgan fingerprint density at radius 1 is 1.44 bits per heavy atom. The number of carboxylic acid groups (broad SMARTS) is 1. The molecule has 0 unspecified atom stereocenters. The van der Waals surface area contributed by atoms with Crippen molar-refractivity contribution in [3.63, 3.8) is 0 Å². The standard InChI is InChI=1S/C12H11ClO3/c1-16-10(8-12(14)15)7-6-9-4-2-3-5-11(9)13/h2-8H,1H3,(H,14,15)/b7-6+,10-8+. The van der Waals surface area contributed by atoms with Crippen LogP contribution >= 0.6 is 11.6 Å². The van der Waals surface area contributed by atoms with Crippen LogP contribution in [0.1, 0.15) is 5.56 Å². The molecule has 3 nitrogen and oxygen atoms in total. The first-order valence-electron chi connectivity index (χ1n) is 4.54. The van der Waals surface area contributed by atoms with Gasteiger partial charge in [0, 0.05) is 5.02 Å². The maximum atomic E-state index is 10.4. The fourth-order valence-electron chi connectivity index (χ4n) is 1.08. The van der Waals surface area contributed by atoms with E-state index < -0.39 is 5.97 Å². The number of halogens is 1. The van der Waals surface area contributed by atoms with Gasteiger partial charge in [-0.2, -0.15) is 0 Å². The van der Waals surface area contributed by atoms with Crippen molar-refractivity contribution in [2.24, 2.45) is 0 Å². The summed E-state index contributed by atoms with van der Waals surface area (Å²) in [6.07, 6.45) is 4.23. The number of hydrogen-bond donors (Lipinski definition) is 1. The van der Waals surface area contributed by atoms with Crippen LogP contribution in [0.2, 0.25) is 5.02 Å². The van der Waals surface area contributed by atoms with Crippen LogP contribution in [0.25, 0.3) is 6.08 Å². The van der Waals surface area contributed by atoms with E-state index in [1.165, 1.54) is 7.11 Å². The van der Waals surface area contributed by atoms with Crippen molar-refractivity contribution in [3.05, 3.63) is 52.8 Å². The lowest BCUT2D eigenvalue weighted by Gasteiger charge is -1.99. The summed E-state index contributed by atoms with van der Waals surface area (Å²) in [6.45, 7) is 0. The van der Waals surface area contributed by atoms with Crippen molar-refractivity contribution in [1.82, 2.24) is 0 Å². The van der Waals surface area contributed by atoms with Gasteiger partial charge in [-0.3, -0.25) is 0 Å². The van der Waals surface area contributed by atoms with Crippen molar-refractivity contribution in [2.45, 2.75) is 0 Å². The Hall–Kier alpha value is -1.74. The van der Waals surface area contributed by atoms with Crippen LogP contribution in [-0.4, -0.2) is 18.2 Å². The molecule has 0 bridgehead atoms. The number of carbonyl (C=O) groups is 1. The molecule has 0 heterocycles. The SMILES string of the molecule is COC(/C=C/c1ccccc1Cl)=C/C(=O)O. The third-order valence-electron chi connectivity index (χ3n) is 1.83. The molecule has 84 valence electrons. The monoisotopic (exact) mass is 238 g/mol. The Morgan fingerprint density at radius 2 is 2.12 bits per heavy atom. The number of hydrogen-bond acceptors (Lipinski definition) is 2. The summed E-state index contributed by atoms with van der Waals surface area (Å²) in [6, 6.07) is 7.25. The molecule has 0 atom stereocenters. The van der Waals surface area contributed by atoms with E-state index in [4.69, 9.17) is 21.4 Å². The smallest absolute Gasteiger partial charge is 0.332 e. The maximum absolute atomic E-state index is 10.4. The topological polar surface area (TPSA) is 46.5 Å². The molecule has 1 aromatic rings. The predicted octanol–water partition coefficient (Wildman–Crippen LogP) is 2.97. The van der Waals surface area contributed by atoms with Crippen LogP contribution in [0, 0.1) is 0 Å². The average Bonchev–Trinajstić information content (AvgIpc) is 2.25. The Balaban J connectivity index is 2.88. The molecule has 0 saturated carbocycles. The fourth-order valence-corrected chi connectivity index (χ4v) is 1.28. The molecule has 1 rings (SSSR count). The third-order valence-corrected chi connectivity index (χ3v) is 2.18. The molecule has 0 fully saturated rings. The number of allylic oxidation sites excluding steroid dienone is 1. The average molecular weight is 239 g/mol. The Morgan fingerprint density at radius 3 is 2.69 bits per heavy atom. The van der Waals surface area contributed by atoms with E-state index in [1.807, 2.05) is 18.2 Å². The van der Waals surface area contributed by atoms with Crippen molar-refractivity contribution >= 4 is 23.6 Å². The second kappa shape index (κ2) is 5.98. The lowest BCUT2D eigenvalue weighted by molar-refractivity contribution is -0.131. The molecular weight excluding hydrogens is 228 g/mol. The van der Waals surface area contributed by atoms with Gasteiger partial charge < -0.3 is 9.84 Å². The van der Waals surface area contributed by atoms with Gasteiger partial charge in [0.25, 0.3) is 0 Å². The number of ether oxygens (including phenoxy) is 1. The van der Waals surface area contributed by atoms with E-state index in [9.17, 15) is 4.79 Å². The first-order chi connectivity index (χ1) is 7.63. The van der Waals surface area contributed by atoms with Gasteiger partial charge in [-0.15, -0.1) is 0 Å².